The zero-order valence-corrected chi connectivity index (χ0v) is 14.3. The first-order valence-corrected chi connectivity index (χ1v) is 8.59. The second-order valence-electron chi connectivity index (χ2n) is 6.75. The van der Waals surface area contributed by atoms with Gasteiger partial charge in [-0.15, -0.1) is 5.10 Å². The summed E-state index contributed by atoms with van der Waals surface area (Å²) in [6, 6.07) is 6.60. The summed E-state index contributed by atoms with van der Waals surface area (Å²) in [6.07, 6.45) is 4.28. The molecule has 0 amide bonds. The van der Waals surface area contributed by atoms with Crippen molar-refractivity contribution in [3.05, 3.63) is 41.2 Å². The Bertz CT molecular complexity index is 715. The van der Waals surface area contributed by atoms with Crippen molar-refractivity contribution in [1.29, 1.82) is 0 Å². The van der Waals surface area contributed by atoms with Crippen molar-refractivity contribution in [1.82, 2.24) is 19.9 Å². The molecule has 2 aliphatic heterocycles. The van der Waals surface area contributed by atoms with Crippen molar-refractivity contribution in [2.24, 2.45) is 7.05 Å². The van der Waals surface area contributed by atoms with Crippen molar-refractivity contribution < 1.29 is 9.47 Å². The SMILES string of the molecule is CO[C@@H]1CN(CCc2ccc3c(c2)CCO3)C[C@H]1c1cn(C)nn1. The Hall–Kier alpha value is -1.92. The third kappa shape index (κ3) is 3.03. The van der Waals surface area contributed by atoms with E-state index in [4.69, 9.17) is 9.47 Å². The molecule has 2 atom stereocenters. The van der Waals surface area contributed by atoms with E-state index in [2.05, 4.69) is 33.4 Å². The highest BCUT2D eigenvalue weighted by atomic mass is 16.5. The van der Waals surface area contributed by atoms with Crippen molar-refractivity contribution in [3.63, 3.8) is 0 Å². The van der Waals surface area contributed by atoms with Crippen LogP contribution < -0.4 is 4.74 Å². The molecule has 0 bridgehead atoms. The molecule has 0 aliphatic carbocycles. The summed E-state index contributed by atoms with van der Waals surface area (Å²) in [4.78, 5) is 2.47. The largest absolute Gasteiger partial charge is 0.493 e. The van der Waals surface area contributed by atoms with Gasteiger partial charge in [0.05, 0.1) is 18.4 Å². The van der Waals surface area contributed by atoms with E-state index in [0.29, 0.717) is 5.92 Å². The normalized spacial score (nSPS) is 23.4. The van der Waals surface area contributed by atoms with Crippen molar-refractivity contribution >= 4 is 0 Å². The maximum atomic E-state index is 5.69. The minimum atomic E-state index is 0.190. The number of fused-ring (bicyclic) bond motifs is 1. The summed E-state index contributed by atoms with van der Waals surface area (Å²) < 4.78 is 13.0. The van der Waals surface area contributed by atoms with Crippen LogP contribution in [0.1, 0.15) is 22.7 Å². The van der Waals surface area contributed by atoms with Crippen LogP contribution in [0.2, 0.25) is 0 Å². The van der Waals surface area contributed by atoms with Gasteiger partial charge in [-0.3, -0.25) is 9.58 Å². The van der Waals surface area contributed by atoms with Crippen molar-refractivity contribution in [3.8, 4) is 5.75 Å². The third-order valence-electron chi connectivity index (χ3n) is 5.12. The molecule has 0 spiro atoms. The number of rotatable bonds is 5. The van der Waals surface area contributed by atoms with Crippen LogP contribution in [0.4, 0.5) is 0 Å². The van der Waals surface area contributed by atoms with E-state index in [1.165, 1.54) is 11.1 Å². The van der Waals surface area contributed by atoms with Gasteiger partial charge in [-0.05, 0) is 23.6 Å². The minimum Gasteiger partial charge on any atom is -0.493 e. The molecule has 6 nitrogen and oxygen atoms in total. The summed E-state index contributed by atoms with van der Waals surface area (Å²) in [6.45, 7) is 3.79. The molecule has 4 rings (SSSR count). The minimum absolute atomic E-state index is 0.190. The molecular weight excluding hydrogens is 304 g/mol. The topological polar surface area (TPSA) is 52.4 Å². The maximum absolute atomic E-state index is 5.69. The van der Waals surface area contributed by atoms with Crippen LogP contribution in [0.15, 0.2) is 24.4 Å². The van der Waals surface area contributed by atoms with Crippen LogP contribution in [0, 0.1) is 0 Å². The number of nitrogens with zero attached hydrogens (tertiary/aromatic N) is 4. The predicted octanol–water partition coefficient (Wildman–Crippen LogP) is 1.41. The zero-order valence-electron chi connectivity index (χ0n) is 14.3. The van der Waals surface area contributed by atoms with Gasteiger partial charge in [-0.2, -0.15) is 0 Å². The lowest BCUT2D eigenvalue weighted by molar-refractivity contribution is 0.0965. The summed E-state index contributed by atoms with van der Waals surface area (Å²) in [7, 11) is 3.70. The van der Waals surface area contributed by atoms with E-state index in [1.807, 2.05) is 13.2 Å². The number of likely N-dealkylation sites (tertiary alicyclic amines) is 1. The second-order valence-corrected chi connectivity index (χ2v) is 6.75. The lowest BCUT2D eigenvalue weighted by Crippen LogP contribution is -2.25. The van der Waals surface area contributed by atoms with Gasteiger partial charge in [0, 0.05) is 52.3 Å². The lowest BCUT2D eigenvalue weighted by Gasteiger charge is -2.15. The first kappa shape index (κ1) is 15.6. The zero-order chi connectivity index (χ0) is 16.5. The number of hydrogen-bond donors (Lipinski definition) is 0. The van der Waals surface area contributed by atoms with Gasteiger partial charge >= 0.3 is 0 Å². The number of benzene rings is 1. The molecule has 1 fully saturated rings. The van der Waals surface area contributed by atoms with Gasteiger partial charge in [0.15, 0.2) is 0 Å². The fraction of sp³-hybridized carbons (Fsp3) is 0.556. The average Bonchev–Trinajstić information content (AvgIpc) is 3.31. The number of ether oxygens (including phenoxy) is 2. The van der Waals surface area contributed by atoms with E-state index in [9.17, 15) is 0 Å². The Morgan fingerprint density at radius 3 is 3.04 bits per heavy atom. The molecule has 2 aliphatic rings. The fourth-order valence-electron chi connectivity index (χ4n) is 3.78. The van der Waals surface area contributed by atoms with E-state index >= 15 is 0 Å². The van der Waals surface area contributed by atoms with E-state index in [1.54, 1.807) is 11.8 Å². The van der Waals surface area contributed by atoms with Crippen LogP contribution in [0.3, 0.4) is 0 Å². The molecule has 0 N–H and O–H groups in total. The standard InChI is InChI=1S/C18H24N4O2/c1-21-11-16(19-20-21)15-10-22(12-18(15)23-2)7-5-13-3-4-17-14(9-13)6-8-24-17/h3-4,9,11,15,18H,5-8,10,12H2,1-2H3/t15-,18+/m0/s1. The van der Waals surface area contributed by atoms with Gasteiger partial charge in [0.2, 0.25) is 0 Å². The molecule has 24 heavy (non-hydrogen) atoms. The Labute approximate surface area is 142 Å². The summed E-state index contributed by atoms with van der Waals surface area (Å²) in [5.74, 6) is 1.36. The van der Waals surface area contributed by atoms with Crippen LogP contribution in [0.5, 0.6) is 5.75 Å². The van der Waals surface area contributed by atoms with Crippen LogP contribution in [0.25, 0.3) is 0 Å². The molecule has 0 radical (unpaired) electrons. The van der Waals surface area contributed by atoms with Gasteiger partial charge in [0.25, 0.3) is 0 Å². The predicted molar refractivity (Wildman–Crippen MR) is 90.3 cm³/mol. The molecule has 0 saturated carbocycles. The third-order valence-corrected chi connectivity index (χ3v) is 5.12. The molecule has 1 saturated heterocycles. The molecule has 6 heteroatoms. The van der Waals surface area contributed by atoms with Crippen LogP contribution in [-0.4, -0.2) is 59.3 Å². The average molecular weight is 328 g/mol. The maximum Gasteiger partial charge on any atom is 0.122 e. The lowest BCUT2D eigenvalue weighted by atomic mass is 10.0. The van der Waals surface area contributed by atoms with Gasteiger partial charge < -0.3 is 9.47 Å². The molecule has 1 aromatic carbocycles. The van der Waals surface area contributed by atoms with Gasteiger partial charge in [0.1, 0.15) is 5.75 Å². The fourth-order valence-corrected chi connectivity index (χ4v) is 3.78. The quantitative estimate of drug-likeness (QED) is 0.831. The van der Waals surface area contributed by atoms with E-state index in [-0.39, 0.29) is 6.10 Å². The first-order valence-electron chi connectivity index (χ1n) is 8.59. The summed E-state index contributed by atoms with van der Waals surface area (Å²) in [5, 5.41) is 8.34. The van der Waals surface area contributed by atoms with E-state index in [0.717, 1.165) is 50.5 Å². The smallest absolute Gasteiger partial charge is 0.122 e. The highest BCUT2D eigenvalue weighted by Gasteiger charge is 2.35. The summed E-state index contributed by atoms with van der Waals surface area (Å²) >= 11 is 0. The Morgan fingerprint density at radius 1 is 1.33 bits per heavy atom. The van der Waals surface area contributed by atoms with Gasteiger partial charge in [-0.25, -0.2) is 0 Å². The molecule has 2 aromatic rings. The van der Waals surface area contributed by atoms with Crippen LogP contribution >= 0.6 is 0 Å². The van der Waals surface area contributed by atoms with Crippen LogP contribution in [-0.2, 0) is 24.6 Å². The van der Waals surface area contributed by atoms with Crippen molar-refractivity contribution in [2.45, 2.75) is 24.9 Å². The summed E-state index contributed by atoms with van der Waals surface area (Å²) in [5.41, 5.74) is 3.76. The number of hydrogen-bond acceptors (Lipinski definition) is 5. The highest BCUT2D eigenvalue weighted by Crippen LogP contribution is 2.29. The Balaban J connectivity index is 1.39. The van der Waals surface area contributed by atoms with E-state index < -0.39 is 0 Å². The molecule has 0 unspecified atom stereocenters. The molecular formula is C18H24N4O2. The molecule has 1 aromatic heterocycles. The number of methoxy groups -OCH3 is 1. The second kappa shape index (κ2) is 6.53. The molecule has 3 heterocycles. The number of aromatic nitrogens is 3. The Morgan fingerprint density at radius 2 is 2.25 bits per heavy atom. The van der Waals surface area contributed by atoms with Gasteiger partial charge in [-0.1, -0.05) is 17.3 Å². The first-order chi connectivity index (χ1) is 11.7. The van der Waals surface area contributed by atoms with Crippen molar-refractivity contribution in [2.75, 3.05) is 33.4 Å². The number of aryl methyl sites for hydroxylation is 1. The Kier molecular flexibility index (Phi) is 4.24. The highest BCUT2D eigenvalue weighted by molar-refractivity contribution is 5.39. The monoisotopic (exact) mass is 328 g/mol. The molecule has 128 valence electrons.